The average molecular weight is 220 g/mol. The van der Waals surface area contributed by atoms with Crippen LogP contribution in [0.1, 0.15) is 36.9 Å². The van der Waals surface area contributed by atoms with E-state index in [1.165, 1.54) is 24.9 Å². The molecule has 1 aliphatic heterocycles. The summed E-state index contributed by atoms with van der Waals surface area (Å²) in [4.78, 5) is 6.88. The largest absolute Gasteiger partial charge is 0.481 e. The van der Waals surface area contributed by atoms with Gasteiger partial charge in [-0.1, -0.05) is 6.92 Å². The van der Waals surface area contributed by atoms with Gasteiger partial charge in [-0.15, -0.1) is 0 Å². The Kier molecular flexibility index (Phi) is 3.44. The number of methoxy groups -OCH3 is 1. The number of hydrogen-bond acceptors (Lipinski definition) is 3. The summed E-state index contributed by atoms with van der Waals surface area (Å²) >= 11 is 0. The third kappa shape index (κ3) is 2.05. The smallest absolute Gasteiger partial charge is 0.215 e. The van der Waals surface area contributed by atoms with E-state index in [-0.39, 0.29) is 0 Å². The first-order valence-corrected chi connectivity index (χ1v) is 6.00. The second-order valence-electron chi connectivity index (χ2n) is 4.38. The monoisotopic (exact) mass is 220 g/mol. The summed E-state index contributed by atoms with van der Waals surface area (Å²) in [5, 5.41) is 0. The quantitative estimate of drug-likeness (QED) is 0.782. The first-order valence-electron chi connectivity index (χ1n) is 6.00. The Labute approximate surface area is 97.4 Å². The van der Waals surface area contributed by atoms with Crippen molar-refractivity contribution < 1.29 is 4.74 Å². The molecule has 1 saturated heterocycles. The molecule has 0 radical (unpaired) electrons. The fraction of sp³-hybridized carbons (Fsp3) is 0.615. The molecular formula is C13H20N2O. The van der Waals surface area contributed by atoms with E-state index < -0.39 is 0 Å². The second-order valence-corrected chi connectivity index (χ2v) is 4.38. The van der Waals surface area contributed by atoms with Gasteiger partial charge in [0.1, 0.15) is 0 Å². The van der Waals surface area contributed by atoms with E-state index in [2.05, 4.69) is 29.8 Å². The topological polar surface area (TPSA) is 25.4 Å². The minimum absolute atomic E-state index is 0.558. The summed E-state index contributed by atoms with van der Waals surface area (Å²) in [7, 11) is 1.67. The van der Waals surface area contributed by atoms with Crippen molar-refractivity contribution in [1.29, 1.82) is 0 Å². The lowest BCUT2D eigenvalue weighted by molar-refractivity contribution is 0.270. The Morgan fingerprint density at radius 3 is 3.00 bits per heavy atom. The number of pyridine rings is 1. The summed E-state index contributed by atoms with van der Waals surface area (Å²) in [6.07, 6.45) is 4.51. The molecule has 2 rings (SSSR count). The van der Waals surface area contributed by atoms with Gasteiger partial charge in [0.2, 0.25) is 5.88 Å². The minimum Gasteiger partial charge on any atom is -0.481 e. The zero-order valence-electron chi connectivity index (χ0n) is 10.4. The van der Waals surface area contributed by atoms with E-state index in [1.807, 2.05) is 6.20 Å². The highest BCUT2D eigenvalue weighted by molar-refractivity contribution is 5.30. The summed E-state index contributed by atoms with van der Waals surface area (Å²) in [5.41, 5.74) is 2.46. The van der Waals surface area contributed by atoms with Crippen LogP contribution in [0.25, 0.3) is 0 Å². The zero-order valence-corrected chi connectivity index (χ0v) is 10.4. The van der Waals surface area contributed by atoms with Crippen LogP contribution in [0.2, 0.25) is 0 Å². The van der Waals surface area contributed by atoms with Crippen molar-refractivity contribution >= 4 is 0 Å². The van der Waals surface area contributed by atoms with Crippen molar-refractivity contribution in [2.75, 3.05) is 20.2 Å². The number of aryl methyl sites for hydroxylation is 1. The lowest BCUT2D eigenvalue weighted by Crippen LogP contribution is -2.22. The van der Waals surface area contributed by atoms with Gasteiger partial charge in [-0.3, -0.25) is 4.90 Å². The van der Waals surface area contributed by atoms with E-state index in [4.69, 9.17) is 4.74 Å². The van der Waals surface area contributed by atoms with E-state index >= 15 is 0 Å². The normalized spacial score (nSPS) is 21.3. The molecule has 1 aliphatic rings. The Morgan fingerprint density at radius 1 is 1.56 bits per heavy atom. The molecule has 2 heterocycles. The number of nitrogens with zero attached hydrogens (tertiary/aromatic N) is 2. The van der Waals surface area contributed by atoms with Crippen molar-refractivity contribution in [2.24, 2.45) is 0 Å². The van der Waals surface area contributed by atoms with Gasteiger partial charge in [-0.05, 0) is 44.5 Å². The lowest BCUT2D eigenvalue weighted by atomic mass is 10.1. The molecule has 0 bridgehead atoms. The van der Waals surface area contributed by atoms with Crippen molar-refractivity contribution in [3.05, 3.63) is 23.4 Å². The highest BCUT2D eigenvalue weighted by Gasteiger charge is 2.25. The Balaban J connectivity index is 2.23. The molecule has 1 unspecified atom stereocenters. The van der Waals surface area contributed by atoms with Crippen molar-refractivity contribution in [3.63, 3.8) is 0 Å². The van der Waals surface area contributed by atoms with E-state index in [0.717, 1.165) is 18.0 Å². The summed E-state index contributed by atoms with van der Waals surface area (Å²) in [6, 6.07) is 2.77. The minimum atomic E-state index is 0.558. The van der Waals surface area contributed by atoms with Crippen molar-refractivity contribution in [2.45, 2.75) is 32.7 Å². The van der Waals surface area contributed by atoms with E-state index in [1.54, 1.807) is 7.11 Å². The molecule has 0 amide bonds. The van der Waals surface area contributed by atoms with Crippen LogP contribution in [-0.4, -0.2) is 30.1 Å². The predicted octanol–water partition coefficient (Wildman–Crippen LogP) is 2.56. The van der Waals surface area contributed by atoms with E-state index in [0.29, 0.717) is 6.04 Å². The maximum atomic E-state index is 5.19. The van der Waals surface area contributed by atoms with Gasteiger partial charge in [0.05, 0.1) is 7.11 Å². The van der Waals surface area contributed by atoms with Crippen LogP contribution in [0.3, 0.4) is 0 Å². The molecule has 88 valence electrons. The van der Waals surface area contributed by atoms with Crippen LogP contribution in [0, 0.1) is 6.92 Å². The molecule has 1 aromatic rings. The number of aromatic nitrogens is 1. The maximum absolute atomic E-state index is 5.19. The van der Waals surface area contributed by atoms with Gasteiger partial charge in [0, 0.05) is 17.8 Å². The highest BCUT2D eigenvalue weighted by atomic mass is 16.5. The zero-order chi connectivity index (χ0) is 11.5. The van der Waals surface area contributed by atoms with Gasteiger partial charge in [0.15, 0.2) is 0 Å². The first kappa shape index (κ1) is 11.4. The number of ether oxygens (including phenoxy) is 1. The number of likely N-dealkylation sites (tertiary alicyclic amines) is 1. The molecule has 1 atom stereocenters. The van der Waals surface area contributed by atoms with Crippen LogP contribution in [-0.2, 0) is 0 Å². The second kappa shape index (κ2) is 4.83. The third-order valence-electron chi connectivity index (χ3n) is 3.40. The summed E-state index contributed by atoms with van der Waals surface area (Å²) in [6.45, 7) is 6.62. The molecule has 3 heteroatoms. The summed E-state index contributed by atoms with van der Waals surface area (Å²) in [5.74, 6) is 0.741. The van der Waals surface area contributed by atoms with E-state index in [9.17, 15) is 0 Å². The molecule has 1 fully saturated rings. The molecule has 0 N–H and O–H groups in total. The molecule has 1 aromatic heterocycles. The first-order chi connectivity index (χ1) is 7.76. The molecule has 0 spiro atoms. The number of hydrogen-bond donors (Lipinski definition) is 0. The summed E-state index contributed by atoms with van der Waals surface area (Å²) < 4.78 is 5.19. The van der Waals surface area contributed by atoms with Crippen molar-refractivity contribution in [3.8, 4) is 5.88 Å². The van der Waals surface area contributed by atoms with Crippen LogP contribution in [0.15, 0.2) is 12.3 Å². The van der Waals surface area contributed by atoms with Crippen LogP contribution < -0.4 is 4.74 Å². The SMILES string of the molecule is CCN1CCCC1c1cnc(OC)c(C)c1. The maximum Gasteiger partial charge on any atom is 0.215 e. The number of rotatable bonds is 3. The van der Waals surface area contributed by atoms with Crippen LogP contribution in [0.5, 0.6) is 5.88 Å². The average Bonchev–Trinajstić information content (AvgIpc) is 2.77. The highest BCUT2D eigenvalue weighted by Crippen LogP contribution is 2.32. The van der Waals surface area contributed by atoms with Gasteiger partial charge in [-0.2, -0.15) is 0 Å². The Bertz CT molecular complexity index is 365. The van der Waals surface area contributed by atoms with Crippen molar-refractivity contribution in [1.82, 2.24) is 9.88 Å². The molecule has 0 aliphatic carbocycles. The van der Waals surface area contributed by atoms with Gasteiger partial charge >= 0.3 is 0 Å². The molecule has 0 saturated carbocycles. The van der Waals surface area contributed by atoms with Crippen LogP contribution >= 0.6 is 0 Å². The lowest BCUT2D eigenvalue weighted by Gasteiger charge is -2.23. The standard InChI is InChI=1S/C13H20N2O/c1-4-15-7-5-6-12(15)11-8-10(2)13(16-3)14-9-11/h8-9,12H,4-7H2,1-3H3. The Morgan fingerprint density at radius 2 is 2.38 bits per heavy atom. The van der Waals surface area contributed by atoms with Crippen LogP contribution in [0.4, 0.5) is 0 Å². The fourth-order valence-corrected chi connectivity index (χ4v) is 2.56. The molecule has 3 nitrogen and oxygen atoms in total. The Hall–Kier alpha value is -1.09. The third-order valence-corrected chi connectivity index (χ3v) is 3.40. The fourth-order valence-electron chi connectivity index (χ4n) is 2.56. The molecule has 16 heavy (non-hydrogen) atoms. The predicted molar refractivity (Wildman–Crippen MR) is 64.7 cm³/mol. The molecule has 0 aromatic carbocycles. The molecular weight excluding hydrogens is 200 g/mol. The van der Waals surface area contributed by atoms with Gasteiger partial charge in [0.25, 0.3) is 0 Å². The van der Waals surface area contributed by atoms with Gasteiger partial charge in [-0.25, -0.2) is 4.98 Å². The van der Waals surface area contributed by atoms with Gasteiger partial charge < -0.3 is 4.74 Å².